The Morgan fingerprint density at radius 3 is 3.13 bits per heavy atom. The van der Waals surface area contributed by atoms with Crippen molar-refractivity contribution in [2.75, 3.05) is 6.54 Å². The van der Waals surface area contributed by atoms with Crippen molar-refractivity contribution in [3.63, 3.8) is 0 Å². The van der Waals surface area contributed by atoms with Gasteiger partial charge in [-0.05, 0) is 6.54 Å². The van der Waals surface area contributed by atoms with E-state index in [1.807, 2.05) is 0 Å². The molecule has 0 spiro atoms. The average Bonchev–Trinajstić information content (AvgIpc) is 2.68. The second kappa shape index (κ2) is 4.05. The summed E-state index contributed by atoms with van der Waals surface area (Å²) >= 11 is 0. The lowest BCUT2D eigenvalue weighted by molar-refractivity contribution is 0.422. The van der Waals surface area contributed by atoms with Gasteiger partial charge in [0.2, 0.25) is 0 Å². The van der Waals surface area contributed by atoms with E-state index in [1.165, 1.54) is 12.3 Å². The molecule has 2 heterocycles. The van der Waals surface area contributed by atoms with Crippen molar-refractivity contribution in [2.24, 2.45) is 5.73 Å². The van der Waals surface area contributed by atoms with Crippen LogP contribution in [-0.4, -0.2) is 21.7 Å². The highest BCUT2D eigenvalue weighted by Crippen LogP contribution is 2.10. The van der Waals surface area contributed by atoms with Gasteiger partial charge in [0.1, 0.15) is 5.56 Å². The highest BCUT2D eigenvalue weighted by molar-refractivity contribution is 5.50. The van der Waals surface area contributed by atoms with Gasteiger partial charge in [-0.25, -0.2) is 0 Å². The van der Waals surface area contributed by atoms with Gasteiger partial charge in [0, 0.05) is 24.9 Å². The third kappa shape index (κ3) is 1.94. The Kier molecular flexibility index (Phi) is 2.59. The molecule has 0 fully saturated rings. The van der Waals surface area contributed by atoms with Crippen LogP contribution in [-0.2, 0) is 6.42 Å². The predicted octanol–water partition coefficient (Wildman–Crippen LogP) is -0.0739. The van der Waals surface area contributed by atoms with Crippen LogP contribution in [0.25, 0.3) is 11.5 Å². The first-order valence-corrected chi connectivity index (χ1v) is 4.51. The number of pyridine rings is 1. The van der Waals surface area contributed by atoms with Crippen LogP contribution in [0, 0.1) is 0 Å². The summed E-state index contributed by atoms with van der Waals surface area (Å²) in [6, 6.07) is 1.40. The first-order chi connectivity index (χ1) is 7.31. The number of H-pyrrole nitrogens is 1. The molecule has 0 aliphatic rings. The molecule has 2 rings (SSSR count). The Morgan fingerprint density at radius 2 is 2.40 bits per heavy atom. The lowest BCUT2D eigenvalue weighted by Gasteiger charge is -1.90. The summed E-state index contributed by atoms with van der Waals surface area (Å²) in [6.45, 7) is 0.449. The molecule has 78 valence electrons. The van der Waals surface area contributed by atoms with Gasteiger partial charge >= 0.3 is 0 Å². The van der Waals surface area contributed by atoms with Gasteiger partial charge in [0.15, 0.2) is 11.3 Å². The third-order valence-corrected chi connectivity index (χ3v) is 1.89. The van der Waals surface area contributed by atoms with Crippen LogP contribution >= 0.6 is 0 Å². The molecule has 2 aromatic heterocycles. The lowest BCUT2D eigenvalue weighted by Crippen LogP contribution is -2.05. The summed E-state index contributed by atoms with van der Waals surface area (Å²) in [5, 5.41) is 3.70. The Balaban J connectivity index is 2.38. The van der Waals surface area contributed by atoms with Crippen LogP contribution in [0.15, 0.2) is 27.8 Å². The fourth-order valence-corrected chi connectivity index (χ4v) is 1.18. The predicted molar refractivity (Wildman–Crippen MR) is 53.1 cm³/mol. The molecule has 15 heavy (non-hydrogen) atoms. The summed E-state index contributed by atoms with van der Waals surface area (Å²) in [4.78, 5) is 18.3. The number of hydrogen-bond donors (Lipinski definition) is 2. The number of rotatable bonds is 3. The van der Waals surface area contributed by atoms with Crippen molar-refractivity contribution in [2.45, 2.75) is 6.42 Å². The summed E-state index contributed by atoms with van der Waals surface area (Å²) in [5.41, 5.74) is 5.56. The number of hydrogen-bond acceptors (Lipinski definition) is 5. The molecule has 0 aromatic carbocycles. The van der Waals surface area contributed by atoms with Crippen LogP contribution < -0.4 is 11.2 Å². The molecule has 2 aromatic rings. The standard InChI is InChI=1S/C9H10N4O2/c10-3-1-8-12-9(15-13-8)6-5-11-4-2-7(6)14/h2,4-5H,1,3,10H2,(H,11,14). The fraction of sp³-hybridized carbons (Fsp3) is 0.222. The smallest absolute Gasteiger partial charge is 0.263 e. The Labute approximate surface area is 85.1 Å². The highest BCUT2D eigenvalue weighted by Gasteiger charge is 2.10. The summed E-state index contributed by atoms with van der Waals surface area (Å²) in [7, 11) is 0. The van der Waals surface area contributed by atoms with Crippen molar-refractivity contribution in [1.29, 1.82) is 0 Å². The minimum atomic E-state index is -0.156. The van der Waals surface area contributed by atoms with Gasteiger partial charge in [-0.1, -0.05) is 5.16 Å². The zero-order valence-electron chi connectivity index (χ0n) is 7.93. The molecule has 0 aliphatic heterocycles. The van der Waals surface area contributed by atoms with Crippen LogP contribution in [0.4, 0.5) is 0 Å². The summed E-state index contributed by atoms with van der Waals surface area (Å²) < 4.78 is 4.95. The lowest BCUT2D eigenvalue weighted by atomic mass is 10.3. The molecule has 0 bridgehead atoms. The molecule has 0 saturated heterocycles. The van der Waals surface area contributed by atoms with E-state index in [2.05, 4.69) is 15.1 Å². The molecule has 3 N–H and O–H groups in total. The van der Waals surface area contributed by atoms with E-state index in [-0.39, 0.29) is 11.3 Å². The van der Waals surface area contributed by atoms with E-state index in [0.717, 1.165) is 0 Å². The Morgan fingerprint density at radius 1 is 1.53 bits per heavy atom. The monoisotopic (exact) mass is 206 g/mol. The number of nitrogens with two attached hydrogens (primary N) is 1. The van der Waals surface area contributed by atoms with E-state index >= 15 is 0 Å². The average molecular weight is 206 g/mol. The molecular weight excluding hydrogens is 196 g/mol. The topological polar surface area (TPSA) is 97.8 Å². The van der Waals surface area contributed by atoms with E-state index in [9.17, 15) is 4.79 Å². The van der Waals surface area contributed by atoms with Crippen molar-refractivity contribution in [1.82, 2.24) is 15.1 Å². The van der Waals surface area contributed by atoms with E-state index in [1.54, 1.807) is 6.20 Å². The third-order valence-electron chi connectivity index (χ3n) is 1.89. The van der Waals surface area contributed by atoms with Crippen molar-refractivity contribution < 1.29 is 4.52 Å². The Hall–Kier alpha value is -1.95. The van der Waals surface area contributed by atoms with E-state index in [4.69, 9.17) is 10.3 Å². The number of nitrogens with one attached hydrogen (secondary N) is 1. The number of nitrogens with zero attached hydrogens (tertiary/aromatic N) is 2. The molecule has 0 unspecified atom stereocenters. The number of aromatic amines is 1. The second-order valence-corrected chi connectivity index (χ2v) is 2.98. The summed E-state index contributed by atoms with van der Waals surface area (Å²) in [6.07, 6.45) is 3.61. The fourth-order valence-electron chi connectivity index (χ4n) is 1.18. The van der Waals surface area contributed by atoms with Gasteiger partial charge in [0.25, 0.3) is 5.89 Å². The second-order valence-electron chi connectivity index (χ2n) is 2.98. The van der Waals surface area contributed by atoms with Gasteiger partial charge in [-0.2, -0.15) is 4.98 Å². The van der Waals surface area contributed by atoms with Gasteiger partial charge in [-0.3, -0.25) is 4.79 Å². The quantitative estimate of drug-likeness (QED) is 0.732. The largest absolute Gasteiger partial charge is 0.367 e. The van der Waals surface area contributed by atoms with Crippen molar-refractivity contribution >= 4 is 0 Å². The summed E-state index contributed by atoms with van der Waals surface area (Å²) in [5.74, 6) is 0.732. The minimum absolute atomic E-state index is 0.156. The molecule has 0 saturated carbocycles. The van der Waals surface area contributed by atoms with Gasteiger partial charge in [-0.15, -0.1) is 0 Å². The van der Waals surface area contributed by atoms with Crippen LogP contribution in [0.5, 0.6) is 0 Å². The van der Waals surface area contributed by atoms with Crippen LogP contribution in [0.1, 0.15) is 5.82 Å². The zero-order valence-corrected chi connectivity index (χ0v) is 7.93. The normalized spacial score (nSPS) is 10.5. The highest BCUT2D eigenvalue weighted by atomic mass is 16.5. The van der Waals surface area contributed by atoms with Crippen molar-refractivity contribution in [3.8, 4) is 11.5 Å². The first kappa shape index (κ1) is 9.60. The van der Waals surface area contributed by atoms with E-state index in [0.29, 0.717) is 24.4 Å². The maximum absolute atomic E-state index is 11.4. The number of aromatic nitrogens is 3. The maximum Gasteiger partial charge on any atom is 0.263 e. The van der Waals surface area contributed by atoms with Crippen LogP contribution in [0.3, 0.4) is 0 Å². The molecule has 0 aliphatic carbocycles. The van der Waals surface area contributed by atoms with E-state index < -0.39 is 0 Å². The minimum Gasteiger partial charge on any atom is -0.367 e. The SMILES string of the molecule is NCCc1noc(-c2c[nH]ccc2=O)n1. The molecule has 0 amide bonds. The molecular formula is C9H10N4O2. The van der Waals surface area contributed by atoms with Gasteiger partial charge in [0.05, 0.1) is 0 Å². The van der Waals surface area contributed by atoms with Gasteiger partial charge < -0.3 is 15.2 Å². The molecule has 0 radical (unpaired) electrons. The molecule has 6 heteroatoms. The maximum atomic E-state index is 11.4. The molecule has 6 nitrogen and oxygen atoms in total. The molecule has 0 atom stereocenters. The van der Waals surface area contributed by atoms with Crippen LogP contribution in [0.2, 0.25) is 0 Å². The zero-order chi connectivity index (χ0) is 10.7. The van der Waals surface area contributed by atoms with Crippen molar-refractivity contribution in [3.05, 3.63) is 34.5 Å². The first-order valence-electron chi connectivity index (χ1n) is 4.51. The Bertz CT molecular complexity index is 503.